The lowest BCUT2D eigenvalue weighted by molar-refractivity contribution is -0.142. The Morgan fingerprint density at radius 1 is 1.32 bits per heavy atom. The van der Waals surface area contributed by atoms with Gasteiger partial charge >= 0.3 is 5.97 Å². The second-order valence-corrected chi connectivity index (χ2v) is 4.16. The maximum atomic E-state index is 11.6. The fourth-order valence-electron chi connectivity index (χ4n) is 1.59. The molecule has 1 amide bonds. The maximum Gasteiger partial charge on any atom is 0.326 e. The van der Waals surface area contributed by atoms with Gasteiger partial charge in [0.05, 0.1) is 13.0 Å². The molecule has 5 heteroatoms. The molecule has 1 aromatic rings. The predicted octanol–water partition coefficient (Wildman–Crippen LogP) is 1.83. The van der Waals surface area contributed by atoms with Gasteiger partial charge in [0.25, 0.3) is 0 Å². The highest BCUT2D eigenvalue weighted by Crippen LogP contribution is 2.08. The molecule has 0 spiro atoms. The Morgan fingerprint density at radius 3 is 2.58 bits per heavy atom. The Morgan fingerprint density at radius 2 is 2.00 bits per heavy atom. The summed E-state index contributed by atoms with van der Waals surface area (Å²) in [5.74, 6) is -0.616. The maximum absolute atomic E-state index is 11.6. The van der Waals surface area contributed by atoms with Gasteiger partial charge in [0.2, 0.25) is 5.91 Å². The molecule has 0 bridgehead atoms. The highest BCUT2D eigenvalue weighted by molar-refractivity contribution is 5.83. The van der Waals surface area contributed by atoms with Crippen molar-refractivity contribution in [2.45, 2.75) is 32.2 Å². The van der Waals surface area contributed by atoms with E-state index in [1.807, 2.05) is 25.1 Å². The fraction of sp³-hybridized carbons (Fsp3) is 0.429. The first-order chi connectivity index (χ1) is 9.13. The molecule has 2 N–H and O–H groups in total. The molecule has 0 aliphatic heterocycles. The normalized spacial score (nSPS) is 11.6. The average Bonchev–Trinajstić information content (AvgIpc) is 2.39. The number of benzene rings is 1. The lowest BCUT2D eigenvalue weighted by atomic mass is 10.1. The number of nitrogens with one attached hydrogen (secondary N) is 1. The van der Waals surface area contributed by atoms with Crippen molar-refractivity contribution in [1.29, 1.82) is 0 Å². The van der Waals surface area contributed by atoms with Crippen LogP contribution in [-0.4, -0.2) is 29.6 Å². The van der Waals surface area contributed by atoms with Crippen LogP contribution in [0, 0.1) is 0 Å². The fourth-order valence-corrected chi connectivity index (χ4v) is 1.59. The number of ether oxygens (including phenoxy) is 1. The zero-order valence-corrected chi connectivity index (χ0v) is 11.0. The second kappa shape index (κ2) is 8.13. The van der Waals surface area contributed by atoms with E-state index in [2.05, 4.69) is 5.32 Å². The summed E-state index contributed by atoms with van der Waals surface area (Å²) in [6.07, 6.45) is 1.28. The zero-order valence-electron chi connectivity index (χ0n) is 11.0. The lowest BCUT2D eigenvalue weighted by Crippen LogP contribution is -2.41. The lowest BCUT2D eigenvalue weighted by Gasteiger charge is -2.13. The van der Waals surface area contributed by atoms with E-state index in [0.29, 0.717) is 18.6 Å². The highest BCUT2D eigenvalue weighted by atomic mass is 16.5. The van der Waals surface area contributed by atoms with E-state index in [9.17, 15) is 9.59 Å². The van der Waals surface area contributed by atoms with Gasteiger partial charge in [-0.2, -0.15) is 0 Å². The van der Waals surface area contributed by atoms with Crippen LogP contribution >= 0.6 is 0 Å². The molecule has 5 nitrogen and oxygen atoms in total. The first kappa shape index (κ1) is 15.0. The number of carbonyl (C=O) groups is 2. The number of aliphatic carboxylic acids is 1. The molecule has 1 aromatic carbocycles. The van der Waals surface area contributed by atoms with Gasteiger partial charge in [-0.25, -0.2) is 4.79 Å². The van der Waals surface area contributed by atoms with E-state index in [-0.39, 0.29) is 18.9 Å². The summed E-state index contributed by atoms with van der Waals surface area (Å²) in [6, 6.07) is 8.36. The first-order valence-corrected chi connectivity index (χ1v) is 6.33. The van der Waals surface area contributed by atoms with Gasteiger partial charge < -0.3 is 15.2 Å². The molecule has 0 fully saturated rings. The molecular formula is C14H19NO4. The quantitative estimate of drug-likeness (QED) is 0.752. The van der Waals surface area contributed by atoms with Crippen LogP contribution in [0.3, 0.4) is 0 Å². The topological polar surface area (TPSA) is 75.6 Å². The van der Waals surface area contributed by atoms with Crippen molar-refractivity contribution in [1.82, 2.24) is 5.32 Å². The van der Waals surface area contributed by atoms with Crippen molar-refractivity contribution < 1.29 is 19.4 Å². The number of carboxylic acids is 1. The van der Waals surface area contributed by atoms with Crippen LogP contribution < -0.4 is 10.1 Å². The summed E-state index contributed by atoms with van der Waals surface area (Å²) in [6.45, 7) is 2.11. The van der Waals surface area contributed by atoms with Gasteiger partial charge in [-0.05, 0) is 18.6 Å². The van der Waals surface area contributed by atoms with E-state index in [1.165, 1.54) is 0 Å². The molecule has 0 saturated carbocycles. The first-order valence-electron chi connectivity index (χ1n) is 6.33. The molecule has 1 rings (SSSR count). The van der Waals surface area contributed by atoms with Crippen molar-refractivity contribution in [2.24, 2.45) is 0 Å². The summed E-state index contributed by atoms with van der Waals surface area (Å²) in [5.41, 5.74) is 0. The summed E-state index contributed by atoms with van der Waals surface area (Å²) in [7, 11) is 0. The molecule has 0 saturated heterocycles. The van der Waals surface area contributed by atoms with Crippen molar-refractivity contribution in [3.8, 4) is 5.75 Å². The number of hydrogen-bond donors (Lipinski definition) is 2. The Kier molecular flexibility index (Phi) is 6.43. The largest absolute Gasteiger partial charge is 0.493 e. The minimum atomic E-state index is -1.00. The second-order valence-electron chi connectivity index (χ2n) is 4.16. The SMILES string of the molecule is CCC[C@H](NC(=O)CCOc1ccccc1)C(=O)O. The number of amides is 1. The van der Waals surface area contributed by atoms with E-state index in [0.717, 1.165) is 0 Å². The van der Waals surface area contributed by atoms with E-state index in [1.54, 1.807) is 12.1 Å². The molecule has 0 aliphatic carbocycles. The smallest absolute Gasteiger partial charge is 0.326 e. The van der Waals surface area contributed by atoms with Gasteiger partial charge in [0.1, 0.15) is 11.8 Å². The van der Waals surface area contributed by atoms with E-state index in [4.69, 9.17) is 9.84 Å². The van der Waals surface area contributed by atoms with Crippen molar-refractivity contribution in [3.63, 3.8) is 0 Å². The molecule has 0 aromatic heterocycles. The third-order valence-corrected chi connectivity index (χ3v) is 2.55. The molecule has 0 radical (unpaired) electrons. The molecule has 19 heavy (non-hydrogen) atoms. The highest BCUT2D eigenvalue weighted by Gasteiger charge is 2.18. The summed E-state index contributed by atoms with van der Waals surface area (Å²) in [4.78, 5) is 22.4. The standard InChI is InChI=1S/C14H19NO4/c1-2-6-12(14(17)18)15-13(16)9-10-19-11-7-4-3-5-8-11/h3-5,7-8,12H,2,6,9-10H2,1H3,(H,15,16)(H,17,18)/t12-/m0/s1. The predicted molar refractivity (Wildman–Crippen MR) is 71.0 cm³/mol. The molecule has 0 unspecified atom stereocenters. The van der Waals surface area contributed by atoms with Crippen LogP contribution in [-0.2, 0) is 9.59 Å². The third kappa shape index (κ3) is 5.90. The summed E-state index contributed by atoms with van der Waals surface area (Å²) < 4.78 is 5.37. The Labute approximate surface area is 112 Å². The molecule has 0 heterocycles. The van der Waals surface area contributed by atoms with E-state index < -0.39 is 12.0 Å². The van der Waals surface area contributed by atoms with Gasteiger partial charge in [0, 0.05) is 0 Å². The van der Waals surface area contributed by atoms with Crippen LogP contribution in [0.1, 0.15) is 26.2 Å². The monoisotopic (exact) mass is 265 g/mol. The van der Waals surface area contributed by atoms with Crippen molar-refractivity contribution >= 4 is 11.9 Å². The Hall–Kier alpha value is -2.04. The molecular weight excluding hydrogens is 246 g/mol. The Balaban J connectivity index is 2.29. The summed E-state index contributed by atoms with van der Waals surface area (Å²) in [5, 5.41) is 11.4. The minimum Gasteiger partial charge on any atom is -0.493 e. The van der Waals surface area contributed by atoms with Crippen molar-refractivity contribution in [2.75, 3.05) is 6.61 Å². The van der Waals surface area contributed by atoms with Gasteiger partial charge in [-0.15, -0.1) is 0 Å². The summed E-state index contributed by atoms with van der Waals surface area (Å²) >= 11 is 0. The van der Waals surface area contributed by atoms with Crippen LogP contribution in [0.25, 0.3) is 0 Å². The van der Waals surface area contributed by atoms with Crippen molar-refractivity contribution in [3.05, 3.63) is 30.3 Å². The van der Waals surface area contributed by atoms with Gasteiger partial charge in [-0.3, -0.25) is 4.79 Å². The molecule has 0 aliphatic rings. The minimum absolute atomic E-state index is 0.141. The van der Waals surface area contributed by atoms with Crippen LogP contribution in [0.2, 0.25) is 0 Å². The number of carboxylic acid groups (broad SMARTS) is 1. The van der Waals surface area contributed by atoms with Crippen LogP contribution in [0.4, 0.5) is 0 Å². The Bertz CT molecular complexity index is 405. The average molecular weight is 265 g/mol. The molecule has 1 atom stereocenters. The van der Waals surface area contributed by atoms with E-state index >= 15 is 0 Å². The number of carbonyl (C=O) groups excluding carboxylic acids is 1. The zero-order chi connectivity index (χ0) is 14.1. The number of hydrogen-bond acceptors (Lipinski definition) is 3. The van der Waals surface area contributed by atoms with Crippen LogP contribution in [0.15, 0.2) is 30.3 Å². The number of rotatable bonds is 8. The number of para-hydroxylation sites is 1. The third-order valence-electron chi connectivity index (χ3n) is 2.55. The molecule has 104 valence electrons. The van der Waals surface area contributed by atoms with Crippen LogP contribution in [0.5, 0.6) is 5.75 Å². The van der Waals surface area contributed by atoms with Gasteiger partial charge in [-0.1, -0.05) is 31.5 Å². The van der Waals surface area contributed by atoms with Gasteiger partial charge in [0.15, 0.2) is 0 Å².